The smallest absolute Gasteiger partial charge is 0.410 e. The Bertz CT molecular complexity index is 2340. The average molecular weight is 933 g/mol. The van der Waals surface area contributed by atoms with Crippen LogP contribution < -0.4 is 9.47 Å². The summed E-state index contributed by atoms with van der Waals surface area (Å²) in [6.45, 7) is 7.98. The SMILES string of the molecule is CC(C)(C)OC(=O)N1CCN(C(=O)c2csc(-c3ccccc3)n2)C(COc2cccnc2)C1.Cl.Cl.O=C(c1csc(-c2ccccc2)n1)N1CCCCC1COc1cccnc1. The molecule has 0 saturated carbocycles. The first kappa shape index (κ1) is 48.4. The van der Waals surface area contributed by atoms with Crippen LogP contribution in [-0.2, 0) is 4.74 Å². The van der Waals surface area contributed by atoms with Crippen molar-refractivity contribution in [2.75, 3.05) is 39.4 Å². The second-order valence-electron chi connectivity index (χ2n) is 15.5. The van der Waals surface area contributed by atoms with Gasteiger partial charge in [0, 0.05) is 60.5 Å². The van der Waals surface area contributed by atoms with Gasteiger partial charge in [0.25, 0.3) is 11.8 Å². The predicted octanol–water partition coefficient (Wildman–Crippen LogP) is 9.47. The quantitative estimate of drug-likeness (QED) is 0.131. The van der Waals surface area contributed by atoms with Crippen LogP contribution in [0.4, 0.5) is 4.79 Å². The Kier molecular flexibility index (Phi) is 17.8. The van der Waals surface area contributed by atoms with Gasteiger partial charge in [-0.1, -0.05) is 60.7 Å². The number of carbonyl (C=O) groups excluding carboxylic acids is 3. The maximum absolute atomic E-state index is 13.4. The molecule has 2 atom stereocenters. The molecule has 8 rings (SSSR count). The van der Waals surface area contributed by atoms with E-state index in [1.54, 1.807) is 52.1 Å². The number of benzene rings is 2. The third kappa shape index (κ3) is 13.4. The number of hydrogen-bond acceptors (Lipinski definition) is 12. The largest absolute Gasteiger partial charge is 0.490 e. The first-order chi connectivity index (χ1) is 29.6. The lowest BCUT2D eigenvalue weighted by Crippen LogP contribution is -2.59. The molecule has 0 aliphatic carbocycles. The number of hydrogen-bond donors (Lipinski definition) is 0. The molecule has 0 N–H and O–H groups in total. The molecule has 3 amide bonds. The Labute approximate surface area is 388 Å². The van der Waals surface area contributed by atoms with Crippen LogP contribution in [0.1, 0.15) is 61.0 Å². The number of aromatic nitrogens is 4. The van der Waals surface area contributed by atoms with Gasteiger partial charge in [0.15, 0.2) is 0 Å². The summed E-state index contributed by atoms with van der Waals surface area (Å²) in [4.78, 5) is 61.8. The maximum atomic E-state index is 13.4. The van der Waals surface area contributed by atoms with E-state index in [-0.39, 0.29) is 55.3 Å². The number of ether oxygens (including phenoxy) is 3. The molecular formula is C46H51Cl2N7O6S2. The lowest BCUT2D eigenvalue weighted by molar-refractivity contribution is -0.00107. The van der Waals surface area contributed by atoms with E-state index in [1.807, 2.05) is 104 Å². The summed E-state index contributed by atoms with van der Waals surface area (Å²) in [7, 11) is 0. The molecule has 17 heteroatoms. The van der Waals surface area contributed by atoms with Crippen LogP contribution in [0.3, 0.4) is 0 Å². The number of rotatable bonds is 10. The molecule has 4 aromatic heterocycles. The van der Waals surface area contributed by atoms with E-state index in [1.165, 1.54) is 22.7 Å². The van der Waals surface area contributed by atoms with Gasteiger partial charge < -0.3 is 28.9 Å². The normalized spacial score (nSPS) is 16.0. The molecule has 0 radical (unpaired) electrons. The lowest BCUT2D eigenvalue weighted by Gasteiger charge is -2.41. The fourth-order valence-electron chi connectivity index (χ4n) is 6.91. The van der Waals surface area contributed by atoms with Crippen LogP contribution in [0.15, 0.2) is 120 Å². The molecule has 6 aromatic rings. The van der Waals surface area contributed by atoms with Crippen LogP contribution >= 0.6 is 47.5 Å². The van der Waals surface area contributed by atoms with Gasteiger partial charge in [0.05, 0.1) is 24.5 Å². The summed E-state index contributed by atoms with van der Waals surface area (Å²) in [6.07, 6.45) is 9.37. The number of piperidine rings is 1. The number of pyridine rings is 2. The number of likely N-dealkylation sites (tertiary alicyclic amines) is 1. The van der Waals surface area contributed by atoms with Gasteiger partial charge in [-0.3, -0.25) is 19.6 Å². The number of carbonyl (C=O) groups is 3. The van der Waals surface area contributed by atoms with Gasteiger partial charge in [-0.25, -0.2) is 14.8 Å². The maximum Gasteiger partial charge on any atom is 0.410 e. The van der Waals surface area contributed by atoms with E-state index in [0.29, 0.717) is 43.4 Å². The zero-order chi connectivity index (χ0) is 42.6. The van der Waals surface area contributed by atoms with Gasteiger partial charge in [0.2, 0.25) is 0 Å². The van der Waals surface area contributed by atoms with Crippen molar-refractivity contribution in [1.29, 1.82) is 0 Å². The summed E-state index contributed by atoms with van der Waals surface area (Å²) in [5, 5.41) is 5.31. The van der Waals surface area contributed by atoms with E-state index in [2.05, 4.69) is 19.9 Å². The van der Waals surface area contributed by atoms with Gasteiger partial charge in [-0.15, -0.1) is 47.5 Å². The molecule has 63 heavy (non-hydrogen) atoms. The molecule has 332 valence electrons. The van der Waals surface area contributed by atoms with E-state index >= 15 is 0 Å². The van der Waals surface area contributed by atoms with Crippen molar-refractivity contribution in [3.05, 3.63) is 132 Å². The highest BCUT2D eigenvalue weighted by Crippen LogP contribution is 2.28. The molecule has 6 heterocycles. The predicted molar refractivity (Wildman–Crippen MR) is 250 cm³/mol. The van der Waals surface area contributed by atoms with Gasteiger partial charge >= 0.3 is 6.09 Å². The monoisotopic (exact) mass is 931 g/mol. The van der Waals surface area contributed by atoms with E-state index < -0.39 is 11.7 Å². The fourth-order valence-corrected chi connectivity index (χ4v) is 8.51. The molecule has 2 saturated heterocycles. The highest BCUT2D eigenvalue weighted by atomic mass is 35.5. The van der Waals surface area contributed by atoms with Crippen LogP contribution in [0, 0.1) is 0 Å². The van der Waals surface area contributed by atoms with Crippen LogP contribution in [0.2, 0.25) is 0 Å². The van der Waals surface area contributed by atoms with Crippen molar-refractivity contribution in [2.45, 2.75) is 57.7 Å². The molecule has 2 fully saturated rings. The average Bonchev–Trinajstić information content (AvgIpc) is 4.00. The van der Waals surface area contributed by atoms with Crippen molar-refractivity contribution < 1.29 is 28.6 Å². The van der Waals surface area contributed by atoms with Crippen molar-refractivity contribution in [3.63, 3.8) is 0 Å². The Balaban J connectivity index is 0.000000236. The Morgan fingerprint density at radius 1 is 0.651 bits per heavy atom. The number of thiazole rings is 2. The molecule has 2 aliphatic rings. The number of halogens is 2. The van der Waals surface area contributed by atoms with Crippen LogP contribution in [0.5, 0.6) is 11.5 Å². The van der Waals surface area contributed by atoms with Crippen LogP contribution in [-0.4, -0.2) is 110 Å². The second-order valence-corrected chi connectivity index (χ2v) is 17.3. The van der Waals surface area contributed by atoms with Crippen molar-refractivity contribution in [3.8, 4) is 32.6 Å². The van der Waals surface area contributed by atoms with Crippen molar-refractivity contribution in [2.24, 2.45) is 0 Å². The molecule has 2 aromatic carbocycles. The van der Waals surface area contributed by atoms with E-state index in [4.69, 9.17) is 14.2 Å². The zero-order valence-corrected chi connectivity index (χ0v) is 38.5. The summed E-state index contributed by atoms with van der Waals surface area (Å²) in [6, 6.07) is 26.8. The summed E-state index contributed by atoms with van der Waals surface area (Å²) < 4.78 is 17.3. The molecule has 2 unspecified atom stereocenters. The summed E-state index contributed by atoms with van der Waals surface area (Å²) in [5.74, 6) is 1.15. The number of nitrogens with zero attached hydrogens (tertiary/aromatic N) is 7. The first-order valence-electron chi connectivity index (χ1n) is 20.3. The highest BCUT2D eigenvalue weighted by molar-refractivity contribution is 7.13. The first-order valence-corrected chi connectivity index (χ1v) is 22.0. The Morgan fingerprint density at radius 3 is 1.65 bits per heavy atom. The Morgan fingerprint density at radius 2 is 1.16 bits per heavy atom. The molecule has 0 spiro atoms. The van der Waals surface area contributed by atoms with E-state index in [9.17, 15) is 14.4 Å². The summed E-state index contributed by atoms with van der Waals surface area (Å²) >= 11 is 2.94. The van der Waals surface area contributed by atoms with E-state index in [0.717, 1.165) is 52.7 Å². The fraction of sp³-hybridized carbons (Fsp3) is 0.326. The standard InChI is InChI=1S/C25H28N4O4S.C21H21N3O2S.2ClH/c1-25(2,3)33-24(31)28-12-13-29(19(15-28)16-32-20-10-7-11-26-14-20)23(30)21-17-34-22(27-21)18-8-5-4-6-9-18;25-21(19-15-27-20(23-19)16-7-2-1-3-8-16)24-12-5-4-9-17(24)14-26-18-10-6-11-22-13-18;;/h4-11,14,17,19H,12-13,15-16H2,1-3H3;1-3,6-8,10-11,13,15,17H,4-5,9,12,14H2;2*1H. The topological polar surface area (TPSA) is 140 Å². The molecule has 2 aliphatic heterocycles. The highest BCUT2D eigenvalue weighted by Gasteiger charge is 2.36. The van der Waals surface area contributed by atoms with Gasteiger partial charge in [0.1, 0.15) is 51.7 Å². The van der Waals surface area contributed by atoms with Gasteiger partial charge in [-0.2, -0.15) is 0 Å². The van der Waals surface area contributed by atoms with Crippen LogP contribution in [0.25, 0.3) is 21.1 Å². The minimum atomic E-state index is -0.597. The van der Waals surface area contributed by atoms with Crippen molar-refractivity contribution in [1.82, 2.24) is 34.6 Å². The summed E-state index contributed by atoms with van der Waals surface area (Å²) in [5.41, 5.74) is 2.32. The zero-order valence-electron chi connectivity index (χ0n) is 35.3. The molecule has 13 nitrogen and oxygen atoms in total. The Hall–Kier alpha value is -5.61. The third-order valence-corrected chi connectivity index (χ3v) is 11.7. The molecule has 0 bridgehead atoms. The minimum Gasteiger partial charge on any atom is -0.490 e. The van der Waals surface area contributed by atoms with Gasteiger partial charge in [-0.05, 0) is 64.3 Å². The second kappa shape index (κ2) is 23.2. The number of piperazine rings is 1. The third-order valence-electron chi connectivity index (χ3n) is 9.92. The van der Waals surface area contributed by atoms with Crippen molar-refractivity contribution >= 4 is 65.4 Å². The molecular weight excluding hydrogens is 882 g/mol. The lowest BCUT2D eigenvalue weighted by atomic mass is 10.0. The minimum absolute atomic E-state index is 0. The number of amides is 3.